The van der Waals surface area contributed by atoms with Gasteiger partial charge < -0.3 is 10.3 Å². The first kappa shape index (κ1) is 13.5. The summed E-state index contributed by atoms with van der Waals surface area (Å²) in [5, 5.41) is 3.19. The number of pyridine rings is 1. The lowest BCUT2D eigenvalue weighted by Crippen LogP contribution is -2.26. The maximum absolute atomic E-state index is 12.0. The van der Waals surface area contributed by atoms with Crippen LogP contribution >= 0.6 is 11.6 Å². The molecule has 0 aliphatic carbocycles. The number of carbonyl (C=O) groups is 1. The normalized spacial score (nSPS) is 10.4. The molecule has 6 heteroatoms. The lowest BCUT2D eigenvalue weighted by molar-refractivity contribution is 0.0954. The molecule has 0 aromatic carbocycles. The van der Waals surface area contributed by atoms with E-state index in [2.05, 4.69) is 20.3 Å². The van der Waals surface area contributed by atoms with Gasteiger partial charge in [-0.1, -0.05) is 18.5 Å². The summed E-state index contributed by atoms with van der Waals surface area (Å²) in [7, 11) is 0. The number of aromatic nitrogens is 3. The van der Waals surface area contributed by atoms with Gasteiger partial charge in [0.05, 0.1) is 6.33 Å². The highest BCUT2D eigenvalue weighted by Gasteiger charge is 2.08. The molecule has 0 saturated heterocycles. The Morgan fingerprint density at radius 3 is 3.00 bits per heavy atom. The van der Waals surface area contributed by atoms with Crippen molar-refractivity contribution in [3.63, 3.8) is 0 Å². The van der Waals surface area contributed by atoms with E-state index in [1.54, 1.807) is 24.7 Å². The second-order valence-electron chi connectivity index (χ2n) is 4.11. The molecule has 0 bridgehead atoms. The number of aromatic amines is 1. The number of imidazole rings is 1. The van der Waals surface area contributed by atoms with Crippen LogP contribution in [-0.2, 0) is 12.8 Å². The first-order chi connectivity index (χ1) is 9.19. The third kappa shape index (κ3) is 3.79. The fourth-order valence-electron chi connectivity index (χ4n) is 1.70. The molecule has 19 heavy (non-hydrogen) atoms. The van der Waals surface area contributed by atoms with Crippen molar-refractivity contribution in [3.05, 3.63) is 46.8 Å². The van der Waals surface area contributed by atoms with Gasteiger partial charge in [0.25, 0.3) is 5.91 Å². The molecule has 0 aliphatic rings. The number of halogens is 1. The molecule has 0 spiro atoms. The molecule has 0 aliphatic heterocycles. The van der Waals surface area contributed by atoms with E-state index in [1.807, 2.05) is 6.92 Å². The Balaban J connectivity index is 1.94. The molecule has 2 heterocycles. The fourth-order valence-corrected chi connectivity index (χ4v) is 1.92. The van der Waals surface area contributed by atoms with E-state index >= 15 is 0 Å². The van der Waals surface area contributed by atoms with Crippen LogP contribution in [0, 0.1) is 0 Å². The highest BCUT2D eigenvalue weighted by molar-refractivity contribution is 6.29. The minimum Gasteiger partial charge on any atom is -0.352 e. The number of hydrogen-bond acceptors (Lipinski definition) is 3. The van der Waals surface area contributed by atoms with Crippen LogP contribution in [0.2, 0.25) is 5.15 Å². The summed E-state index contributed by atoms with van der Waals surface area (Å²) in [6, 6.07) is 3.34. The van der Waals surface area contributed by atoms with Crippen LogP contribution in [0.1, 0.15) is 28.7 Å². The molecule has 0 saturated carbocycles. The predicted octanol–water partition coefficient (Wildman–Crippen LogP) is 1.99. The number of H-pyrrole nitrogens is 1. The molecular weight excluding hydrogens is 264 g/mol. The molecule has 2 N–H and O–H groups in total. The Morgan fingerprint density at radius 2 is 2.32 bits per heavy atom. The second-order valence-corrected chi connectivity index (χ2v) is 4.49. The van der Waals surface area contributed by atoms with Crippen molar-refractivity contribution < 1.29 is 4.79 Å². The van der Waals surface area contributed by atoms with E-state index in [4.69, 9.17) is 11.6 Å². The number of aryl methyl sites for hydroxylation is 1. The van der Waals surface area contributed by atoms with Crippen molar-refractivity contribution in [3.8, 4) is 0 Å². The summed E-state index contributed by atoms with van der Waals surface area (Å²) < 4.78 is 0. The third-order valence-corrected chi connectivity index (χ3v) is 2.90. The molecule has 0 radical (unpaired) electrons. The van der Waals surface area contributed by atoms with Gasteiger partial charge in [-0.15, -0.1) is 0 Å². The Bertz CT molecular complexity index is 554. The molecule has 0 atom stereocenters. The summed E-state index contributed by atoms with van der Waals surface area (Å²) in [5.74, 6) is -0.140. The van der Waals surface area contributed by atoms with Crippen molar-refractivity contribution in [1.29, 1.82) is 0 Å². The van der Waals surface area contributed by atoms with Gasteiger partial charge in [0.2, 0.25) is 0 Å². The molecule has 5 nitrogen and oxygen atoms in total. The Labute approximate surface area is 116 Å². The summed E-state index contributed by atoms with van der Waals surface area (Å²) >= 11 is 5.88. The maximum Gasteiger partial charge on any atom is 0.251 e. The van der Waals surface area contributed by atoms with E-state index in [1.165, 1.54) is 0 Å². The molecule has 2 aromatic heterocycles. The minimum atomic E-state index is -0.140. The highest BCUT2D eigenvalue weighted by Crippen LogP contribution is 2.11. The Kier molecular flexibility index (Phi) is 4.52. The molecule has 100 valence electrons. The van der Waals surface area contributed by atoms with E-state index < -0.39 is 0 Å². The van der Waals surface area contributed by atoms with Crippen LogP contribution in [0.15, 0.2) is 24.7 Å². The molecular formula is C13H15ClN4O. The number of carbonyl (C=O) groups excluding carboxylic acids is 1. The number of nitrogens with zero attached hydrogens (tertiary/aromatic N) is 2. The number of rotatable bonds is 5. The van der Waals surface area contributed by atoms with Crippen LogP contribution in [0.5, 0.6) is 0 Å². The number of nitrogens with one attached hydrogen (secondary N) is 2. The van der Waals surface area contributed by atoms with E-state index in [-0.39, 0.29) is 5.91 Å². The molecule has 2 rings (SSSR count). The second kappa shape index (κ2) is 6.33. The average molecular weight is 279 g/mol. The zero-order valence-corrected chi connectivity index (χ0v) is 11.4. The summed E-state index contributed by atoms with van der Waals surface area (Å²) in [5.41, 5.74) is 2.34. The monoisotopic (exact) mass is 278 g/mol. The first-order valence-electron chi connectivity index (χ1n) is 6.11. The topological polar surface area (TPSA) is 70.7 Å². The predicted molar refractivity (Wildman–Crippen MR) is 73.2 cm³/mol. The van der Waals surface area contributed by atoms with Gasteiger partial charge in [-0.2, -0.15) is 0 Å². The highest BCUT2D eigenvalue weighted by atomic mass is 35.5. The SMILES string of the molecule is CCc1cc(C(=O)NCCc2cnc[nH]2)cc(Cl)n1. The largest absolute Gasteiger partial charge is 0.352 e. The van der Waals surface area contributed by atoms with Gasteiger partial charge in [-0.25, -0.2) is 9.97 Å². The van der Waals surface area contributed by atoms with Crippen LogP contribution < -0.4 is 5.32 Å². The van der Waals surface area contributed by atoms with Gasteiger partial charge in [0.1, 0.15) is 5.15 Å². The van der Waals surface area contributed by atoms with Gasteiger partial charge in [0, 0.05) is 36.1 Å². The lowest BCUT2D eigenvalue weighted by atomic mass is 10.2. The van der Waals surface area contributed by atoms with Crippen molar-refractivity contribution in [2.45, 2.75) is 19.8 Å². The molecule has 1 amide bonds. The van der Waals surface area contributed by atoms with Crippen LogP contribution in [0.25, 0.3) is 0 Å². The van der Waals surface area contributed by atoms with E-state index in [9.17, 15) is 4.79 Å². The van der Waals surface area contributed by atoms with Gasteiger partial charge in [-0.05, 0) is 18.6 Å². The third-order valence-electron chi connectivity index (χ3n) is 2.71. The number of hydrogen-bond donors (Lipinski definition) is 2. The quantitative estimate of drug-likeness (QED) is 0.822. The smallest absolute Gasteiger partial charge is 0.251 e. The van der Waals surface area contributed by atoms with Gasteiger partial charge >= 0.3 is 0 Å². The molecule has 0 fully saturated rings. The number of amides is 1. The maximum atomic E-state index is 12.0. The first-order valence-corrected chi connectivity index (χ1v) is 6.48. The van der Waals surface area contributed by atoms with Crippen molar-refractivity contribution in [2.24, 2.45) is 0 Å². The summed E-state index contributed by atoms with van der Waals surface area (Å²) in [6.07, 6.45) is 4.82. The van der Waals surface area contributed by atoms with Crippen molar-refractivity contribution in [1.82, 2.24) is 20.3 Å². The van der Waals surface area contributed by atoms with Crippen LogP contribution in [-0.4, -0.2) is 27.4 Å². The molecule has 0 unspecified atom stereocenters. The van der Waals surface area contributed by atoms with Crippen LogP contribution in [0.4, 0.5) is 0 Å². The minimum absolute atomic E-state index is 0.140. The van der Waals surface area contributed by atoms with E-state index in [0.29, 0.717) is 23.7 Å². The lowest BCUT2D eigenvalue weighted by Gasteiger charge is -2.06. The van der Waals surface area contributed by atoms with Crippen molar-refractivity contribution >= 4 is 17.5 Å². The Morgan fingerprint density at radius 1 is 1.47 bits per heavy atom. The van der Waals surface area contributed by atoms with Crippen molar-refractivity contribution in [2.75, 3.05) is 6.54 Å². The van der Waals surface area contributed by atoms with Crippen LogP contribution in [0.3, 0.4) is 0 Å². The zero-order chi connectivity index (χ0) is 13.7. The van der Waals surface area contributed by atoms with Gasteiger partial charge in [0.15, 0.2) is 0 Å². The summed E-state index contributed by atoms with van der Waals surface area (Å²) in [6.45, 7) is 2.51. The molecule has 2 aromatic rings. The standard InChI is InChI=1S/C13H15ClN4O/c1-2-10-5-9(6-12(14)18-10)13(19)16-4-3-11-7-15-8-17-11/h5-8H,2-4H2,1H3,(H,15,17)(H,16,19). The average Bonchev–Trinajstić information content (AvgIpc) is 2.91. The van der Waals surface area contributed by atoms with Gasteiger partial charge in [-0.3, -0.25) is 4.79 Å². The fraction of sp³-hybridized carbons (Fsp3) is 0.308. The summed E-state index contributed by atoms with van der Waals surface area (Å²) in [4.78, 5) is 23.0. The van der Waals surface area contributed by atoms with E-state index in [0.717, 1.165) is 17.8 Å². The Hall–Kier alpha value is -1.88. The zero-order valence-electron chi connectivity index (χ0n) is 10.6.